The minimum Gasteiger partial charge on any atom is -0.473 e. The lowest BCUT2D eigenvalue weighted by molar-refractivity contribution is 0.290. The Morgan fingerprint density at radius 3 is 2.75 bits per heavy atom. The van der Waals surface area contributed by atoms with E-state index in [0.29, 0.717) is 25.1 Å². The number of nitrogens with one attached hydrogen (secondary N) is 2. The average molecular weight is 512 g/mol. The monoisotopic (exact) mass is 512 g/mol. The van der Waals surface area contributed by atoms with Crippen LogP contribution in [0.1, 0.15) is 30.4 Å². The molecule has 1 aliphatic rings. The van der Waals surface area contributed by atoms with E-state index in [1.54, 1.807) is 6.20 Å². The molecule has 2 N–H and O–H groups in total. The maximum atomic E-state index is 5.94. The molecule has 152 valence electrons. The average Bonchev–Trinajstić information content (AvgIpc) is 3.18. The highest BCUT2D eigenvalue weighted by Crippen LogP contribution is 2.28. The van der Waals surface area contributed by atoms with Crippen LogP contribution in [0.2, 0.25) is 0 Å². The smallest absolute Gasteiger partial charge is 0.218 e. The molecule has 0 radical (unpaired) electrons. The first-order valence-corrected chi connectivity index (χ1v) is 10.7. The van der Waals surface area contributed by atoms with Crippen molar-refractivity contribution in [2.45, 2.75) is 43.7 Å². The number of pyridine rings is 1. The van der Waals surface area contributed by atoms with Gasteiger partial charge >= 0.3 is 0 Å². The highest BCUT2D eigenvalue weighted by molar-refractivity contribution is 14.0. The highest BCUT2D eigenvalue weighted by Gasteiger charge is 2.24. The molecule has 1 saturated carbocycles. The Morgan fingerprint density at radius 2 is 2.04 bits per heavy atom. The SMILES string of the molecule is CN=C(NCc1cccnc1OCc1ccccc1)NC1CCC(SC)C1.I. The summed E-state index contributed by atoms with van der Waals surface area (Å²) in [7, 11) is 1.81. The number of thioether (sulfide) groups is 1. The van der Waals surface area contributed by atoms with Gasteiger partial charge < -0.3 is 15.4 Å². The molecule has 1 aliphatic carbocycles. The summed E-state index contributed by atoms with van der Waals surface area (Å²) in [5.41, 5.74) is 2.15. The summed E-state index contributed by atoms with van der Waals surface area (Å²) in [4.78, 5) is 8.76. The van der Waals surface area contributed by atoms with Gasteiger partial charge in [-0.3, -0.25) is 4.99 Å². The first-order chi connectivity index (χ1) is 13.3. The third kappa shape index (κ3) is 6.84. The van der Waals surface area contributed by atoms with Crippen molar-refractivity contribution < 1.29 is 4.74 Å². The molecule has 1 fully saturated rings. The lowest BCUT2D eigenvalue weighted by atomic mass is 10.2. The molecule has 5 nitrogen and oxygen atoms in total. The molecule has 0 aliphatic heterocycles. The molecule has 2 atom stereocenters. The van der Waals surface area contributed by atoms with Gasteiger partial charge in [-0.25, -0.2) is 4.98 Å². The predicted octanol–water partition coefficient (Wildman–Crippen LogP) is 4.23. The van der Waals surface area contributed by atoms with Crippen LogP contribution in [-0.2, 0) is 13.2 Å². The van der Waals surface area contributed by atoms with Crippen molar-refractivity contribution in [1.82, 2.24) is 15.6 Å². The van der Waals surface area contributed by atoms with Gasteiger partial charge in [0.15, 0.2) is 5.96 Å². The van der Waals surface area contributed by atoms with Crippen molar-refractivity contribution in [2.24, 2.45) is 4.99 Å². The summed E-state index contributed by atoms with van der Waals surface area (Å²) >= 11 is 1.96. The summed E-state index contributed by atoms with van der Waals surface area (Å²) in [5, 5.41) is 7.70. The first-order valence-electron chi connectivity index (χ1n) is 9.39. The number of nitrogens with zero attached hydrogens (tertiary/aromatic N) is 2. The van der Waals surface area contributed by atoms with Gasteiger partial charge in [-0.1, -0.05) is 36.4 Å². The Labute approximate surface area is 189 Å². The molecule has 0 saturated heterocycles. The van der Waals surface area contributed by atoms with E-state index in [4.69, 9.17) is 4.74 Å². The zero-order chi connectivity index (χ0) is 18.9. The number of hydrogen-bond acceptors (Lipinski definition) is 4. The second-order valence-corrected chi connectivity index (χ2v) is 7.82. The number of rotatable bonds is 7. The molecule has 1 heterocycles. The second-order valence-electron chi connectivity index (χ2n) is 6.68. The van der Waals surface area contributed by atoms with Crippen LogP contribution in [0.5, 0.6) is 5.88 Å². The minimum atomic E-state index is 0. The fraction of sp³-hybridized carbons (Fsp3) is 0.429. The Hall–Kier alpha value is -1.48. The predicted molar refractivity (Wildman–Crippen MR) is 129 cm³/mol. The Bertz CT molecular complexity index is 744. The molecule has 2 aromatic rings. The number of ether oxygens (including phenoxy) is 1. The van der Waals surface area contributed by atoms with E-state index in [1.165, 1.54) is 19.3 Å². The zero-order valence-electron chi connectivity index (χ0n) is 16.4. The maximum Gasteiger partial charge on any atom is 0.218 e. The van der Waals surface area contributed by atoms with Crippen molar-refractivity contribution in [3.8, 4) is 5.88 Å². The van der Waals surface area contributed by atoms with Gasteiger partial charge in [0.25, 0.3) is 0 Å². The van der Waals surface area contributed by atoms with Gasteiger partial charge in [0, 0.05) is 36.6 Å². The largest absolute Gasteiger partial charge is 0.473 e. The van der Waals surface area contributed by atoms with Gasteiger partial charge in [-0.2, -0.15) is 11.8 Å². The molecule has 28 heavy (non-hydrogen) atoms. The quantitative estimate of drug-likeness (QED) is 0.331. The second kappa shape index (κ2) is 12.2. The Balaban J connectivity index is 0.00000280. The van der Waals surface area contributed by atoms with Crippen molar-refractivity contribution in [2.75, 3.05) is 13.3 Å². The van der Waals surface area contributed by atoms with Gasteiger partial charge in [0.2, 0.25) is 5.88 Å². The fourth-order valence-corrected chi connectivity index (χ4v) is 4.06. The third-order valence-corrected chi connectivity index (χ3v) is 5.89. The van der Waals surface area contributed by atoms with E-state index in [-0.39, 0.29) is 24.0 Å². The summed E-state index contributed by atoms with van der Waals surface area (Å²) in [5.74, 6) is 1.49. The van der Waals surface area contributed by atoms with Gasteiger partial charge in [-0.05, 0) is 37.1 Å². The number of aliphatic imine (C=N–C) groups is 1. The van der Waals surface area contributed by atoms with Gasteiger partial charge in [-0.15, -0.1) is 24.0 Å². The summed E-state index contributed by atoms with van der Waals surface area (Å²) < 4.78 is 5.94. The lowest BCUT2D eigenvalue weighted by Gasteiger charge is -2.18. The third-order valence-electron chi connectivity index (χ3n) is 4.80. The van der Waals surface area contributed by atoms with E-state index in [1.807, 2.05) is 49.1 Å². The fourth-order valence-electron chi connectivity index (χ4n) is 3.27. The van der Waals surface area contributed by atoms with Crippen LogP contribution in [0.4, 0.5) is 0 Å². The molecule has 0 spiro atoms. The van der Waals surface area contributed by atoms with E-state index in [9.17, 15) is 0 Å². The lowest BCUT2D eigenvalue weighted by Crippen LogP contribution is -2.42. The van der Waals surface area contributed by atoms with Crippen LogP contribution >= 0.6 is 35.7 Å². The summed E-state index contributed by atoms with van der Waals surface area (Å²) in [6.07, 6.45) is 7.62. The number of aromatic nitrogens is 1. The number of guanidine groups is 1. The van der Waals surface area contributed by atoms with E-state index in [2.05, 4.69) is 39.0 Å². The van der Waals surface area contributed by atoms with Crippen molar-refractivity contribution in [1.29, 1.82) is 0 Å². The molecule has 2 unspecified atom stereocenters. The molecule has 1 aromatic heterocycles. The van der Waals surface area contributed by atoms with Gasteiger partial charge in [0.1, 0.15) is 6.61 Å². The van der Waals surface area contributed by atoms with Crippen molar-refractivity contribution in [3.05, 3.63) is 59.8 Å². The summed E-state index contributed by atoms with van der Waals surface area (Å²) in [6.45, 7) is 1.13. The number of benzene rings is 1. The normalized spacial score (nSPS) is 19.0. The summed E-state index contributed by atoms with van der Waals surface area (Å²) in [6, 6.07) is 14.6. The molecule has 1 aromatic carbocycles. The van der Waals surface area contributed by atoms with Crippen LogP contribution in [0.3, 0.4) is 0 Å². The Morgan fingerprint density at radius 1 is 1.21 bits per heavy atom. The standard InChI is InChI=1S/C21H28N4OS.HI/c1-22-21(25-18-10-11-19(13-18)27-2)24-14-17-9-6-12-23-20(17)26-15-16-7-4-3-5-8-16;/h3-9,12,18-19H,10-11,13-15H2,1-2H3,(H2,22,24,25);1H. The van der Waals surface area contributed by atoms with Crippen molar-refractivity contribution in [3.63, 3.8) is 0 Å². The molecular weight excluding hydrogens is 483 g/mol. The van der Waals surface area contributed by atoms with E-state index in [0.717, 1.165) is 22.3 Å². The number of hydrogen-bond donors (Lipinski definition) is 2. The van der Waals surface area contributed by atoms with Crippen molar-refractivity contribution >= 4 is 41.7 Å². The highest BCUT2D eigenvalue weighted by atomic mass is 127. The van der Waals surface area contributed by atoms with E-state index >= 15 is 0 Å². The minimum absolute atomic E-state index is 0. The molecule has 0 bridgehead atoms. The number of halogens is 1. The van der Waals surface area contributed by atoms with Crippen LogP contribution in [0.15, 0.2) is 53.7 Å². The van der Waals surface area contributed by atoms with Crippen LogP contribution in [0, 0.1) is 0 Å². The topological polar surface area (TPSA) is 58.5 Å². The first kappa shape index (κ1) is 22.8. The molecule has 7 heteroatoms. The van der Waals surface area contributed by atoms with Crippen LogP contribution in [0.25, 0.3) is 0 Å². The maximum absolute atomic E-state index is 5.94. The molecule has 3 rings (SSSR count). The van der Waals surface area contributed by atoms with Crippen LogP contribution < -0.4 is 15.4 Å². The van der Waals surface area contributed by atoms with Crippen LogP contribution in [-0.4, -0.2) is 35.5 Å². The molecule has 0 amide bonds. The van der Waals surface area contributed by atoms with E-state index < -0.39 is 0 Å². The van der Waals surface area contributed by atoms with Gasteiger partial charge in [0.05, 0.1) is 0 Å². The molecular formula is C21H29IN4OS. The zero-order valence-corrected chi connectivity index (χ0v) is 19.6. The Kier molecular flexibility index (Phi) is 9.91.